The molecule has 0 bridgehead atoms. The van der Waals surface area contributed by atoms with Gasteiger partial charge in [0.25, 0.3) is 5.91 Å². The van der Waals surface area contributed by atoms with Crippen molar-refractivity contribution in [2.24, 2.45) is 0 Å². The van der Waals surface area contributed by atoms with Crippen LogP contribution in [0.3, 0.4) is 0 Å². The summed E-state index contributed by atoms with van der Waals surface area (Å²) < 4.78 is 84.1. The van der Waals surface area contributed by atoms with E-state index in [1.807, 2.05) is 20.8 Å². The van der Waals surface area contributed by atoms with Crippen LogP contribution in [-0.4, -0.2) is 39.2 Å². The van der Waals surface area contributed by atoms with Gasteiger partial charge in [-0.2, -0.15) is 18.3 Å². The first-order valence-electron chi connectivity index (χ1n) is 13.2. The molecule has 0 unspecified atom stereocenters. The van der Waals surface area contributed by atoms with Crippen LogP contribution in [0.15, 0.2) is 79.0 Å². The molecular weight excluding hydrogens is 592 g/mol. The second-order valence-corrected chi connectivity index (χ2v) is 11.0. The van der Waals surface area contributed by atoms with Gasteiger partial charge in [0.15, 0.2) is 5.69 Å². The van der Waals surface area contributed by atoms with Crippen LogP contribution in [0.5, 0.6) is 5.75 Å². The van der Waals surface area contributed by atoms with Gasteiger partial charge < -0.3 is 15.2 Å². The normalized spacial score (nSPS) is 12.9. The van der Waals surface area contributed by atoms with Gasteiger partial charge in [-0.15, -0.1) is 13.2 Å². The number of carboxylic acids is 1. The molecule has 0 aliphatic heterocycles. The Morgan fingerprint density at radius 1 is 0.864 bits per heavy atom. The maximum absolute atomic E-state index is 14.2. The van der Waals surface area contributed by atoms with Crippen molar-refractivity contribution in [3.8, 4) is 22.6 Å². The fourth-order valence-corrected chi connectivity index (χ4v) is 4.44. The average molecular weight is 620 g/mol. The molecule has 44 heavy (non-hydrogen) atoms. The predicted octanol–water partition coefficient (Wildman–Crippen LogP) is 7.18. The minimum absolute atomic E-state index is 0.0711. The van der Waals surface area contributed by atoms with Gasteiger partial charge in [-0.3, -0.25) is 4.79 Å². The number of benzene rings is 3. The standard InChI is InChI=1S/C31H27F6N3O4/c1-29(2,3)21-10-12-22(13-11-21)40-26(30(32,33)34)24(17-38-40)27(41)39-25(28(42)43)16-18-4-6-19(7-5-18)20-8-14-23(15-9-20)44-31(35,36)37/h4-15,17,25H,16H2,1-3H3,(H,39,41)(H,42,43)/t25-/m0/s1. The van der Waals surface area contributed by atoms with E-state index in [9.17, 15) is 41.0 Å². The number of aliphatic carboxylic acids is 1. The molecule has 1 amide bonds. The van der Waals surface area contributed by atoms with Crippen LogP contribution in [0.4, 0.5) is 26.3 Å². The number of carboxylic acid groups (broad SMARTS) is 1. The minimum atomic E-state index is -4.99. The summed E-state index contributed by atoms with van der Waals surface area (Å²) >= 11 is 0. The zero-order valence-corrected chi connectivity index (χ0v) is 23.6. The molecule has 4 rings (SSSR count). The van der Waals surface area contributed by atoms with Crippen molar-refractivity contribution < 1.29 is 45.8 Å². The highest BCUT2D eigenvalue weighted by Crippen LogP contribution is 2.34. The highest BCUT2D eigenvalue weighted by atomic mass is 19.4. The molecule has 1 atom stereocenters. The third kappa shape index (κ3) is 7.77. The van der Waals surface area contributed by atoms with Gasteiger partial charge in [-0.1, -0.05) is 69.3 Å². The summed E-state index contributed by atoms with van der Waals surface area (Å²) in [4.78, 5) is 25.0. The van der Waals surface area contributed by atoms with Crippen LogP contribution < -0.4 is 10.1 Å². The zero-order valence-electron chi connectivity index (χ0n) is 23.6. The zero-order chi connectivity index (χ0) is 32.4. The van der Waals surface area contributed by atoms with Crippen LogP contribution >= 0.6 is 0 Å². The number of aromatic nitrogens is 2. The number of hydrogen-bond donors (Lipinski definition) is 2. The second kappa shape index (κ2) is 12.1. The number of hydrogen-bond acceptors (Lipinski definition) is 4. The lowest BCUT2D eigenvalue weighted by Gasteiger charge is -2.20. The predicted molar refractivity (Wildman–Crippen MR) is 148 cm³/mol. The number of halogens is 6. The highest BCUT2D eigenvalue weighted by molar-refractivity contribution is 5.97. The molecule has 0 saturated carbocycles. The third-order valence-corrected chi connectivity index (χ3v) is 6.68. The smallest absolute Gasteiger partial charge is 0.480 e. The number of nitrogens with zero attached hydrogens (tertiary/aromatic N) is 2. The van der Waals surface area contributed by atoms with Gasteiger partial charge in [0, 0.05) is 6.42 Å². The number of carbonyl (C=O) groups is 2. The summed E-state index contributed by atoms with van der Waals surface area (Å²) in [6, 6.07) is 16.0. The summed E-state index contributed by atoms with van der Waals surface area (Å²) in [6.45, 7) is 5.85. The SMILES string of the molecule is CC(C)(C)c1ccc(-n2ncc(C(=O)N[C@@H](Cc3ccc(-c4ccc(OC(F)(F)F)cc4)cc3)C(=O)O)c2C(F)(F)F)cc1. The minimum Gasteiger partial charge on any atom is -0.480 e. The number of ether oxygens (including phenoxy) is 1. The van der Waals surface area contributed by atoms with Crippen molar-refractivity contribution in [2.75, 3.05) is 0 Å². The molecule has 13 heteroatoms. The van der Waals surface area contributed by atoms with Crippen molar-refractivity contribution >= 4 is 11.9 Å². The monoisotopic (exact) mass is 619 g/mol. The van der Waals surface area contributed by atoms with Gasteiger partial charge >= 0.3 is 18.5 Å². The molecule has 7 nitrogen and oxygen atoms in total. The molecular formula is C31H27F6N3O4. The fraction of sp³-hybridized carbons (Fsp3) is 0.258. The molecule has 4 aromatic rings. The first kappa shape index (κ1) is 32.1. The maximum atomic E-state index is 14.2. The number of amides is 1. The molecule has 1 heterocycles. The van der Waals surface area contributed by atoms with Crippen molar-refractivity contribution in [3.05, 3.63) is 101 Å². The van der Waals surface area contributed by atoms with Crippen molar-refractivity contribution in [3.63, 3.8) is 0 Å². The summed E-state index contributed by atoms with van der Waals surface area (Å²) in [6.07, 6.45) is -9.33. The molecule has 0 saturated heterocycles. The number of carbonyl (C=O) groups excluding carboxylic acids is 1. The quantitative estimate of drug-likeness (QED) is 0.204. The second-order valence-electron chi connectivity index (χ2n) is 11.0. The summed E-state index contributed by atoms with van der Waals surface area (Å²) in [7, 11) is 0. The van der Waals surface area contributed by atoms with Crippen molar-refractivity contribution in [1.82, 2.24) is 15.1 Å². The molecule has 1 aromatic heterocycles. The van der Waals surface area contributed by atoms with Gasteiger partial charge in [-0.05, 0) is 51.9 Å². The maximum Gasteiger partial charge on any atom is 0.573 e. The molecule has 232 valence electrons. The summed E-state index contributed by atoms with van der Waals surface area (Å²) in [5.74, 6) is -3.13. The van der Waals surface area contributed by atoms with Crippen LogP contribution in [0.1, 0.15) is 48.0 Å². The molecule has 0 spiro atoms. The van der Waals surface area contributed by atoms with E-state index in [1.54, 1.807) is 24.3 Å². The number of rotatable bonds is 8. The van der Waals surface area contributed by atoms with E-state index in [0.717, 1.165) is 23.9 Å². The Bertz CT molecular complexity index is 1620. The molecule has 3 aromatic carbocycles. The third-order valence-electron chi connectivity index (χ3n) is 6.68. The average Bonchev–Trinajstić information content (AvgIpc) is 3.39. The van der Waals surface area contributed by atoms with E-state index in [0.29, 0.717) is 21.4 Å². The van der Waals surface area contributed by atoms with Crippen molar-refractivity contribution in [1.29, 1.82) is 0 Å². The Labute approximate surface area is 248 Å². The van der Waals surface area contributed by atoms with E-state index in [-0.39, 0.29) is 17.5 Å². The van der Waals surface area contributed by atoms with E-state index in [2.05, 4.69) is 15.2 Å². The van der Waals surface area contributed by atoms with Gasteiger partial charge in [0.1, 0.15) is 11.8 Å². The Balaban J connectivity index is 1.52. The van der Waals surface area contributed by atoms with Gasteiger partial charge in [0.05, 0.1) is 17.4 Å². The lowest BCUT2D eigenvalue weighted by molar-refractivity contribution is -0.274. The largest absolute Gasteiger partial charge is 0.573 e. The van der Waals surface area contributed by atoms with E-state index in [1.165, 1.54) is 36.4 Å². The Kier molecular flexibility index (Phi) is 8.80. The summed E-state index contributed by atoms with van der Waals surface area (Å²) in [5, 5.41) is 15.7. The lowest BCUT2D eigenvalue weighted by atomic mass is 9.87. The Morgan fingerprint density at radius 3 is 1.89 bits per heavy atom. The van der Waals surface area contributed by atoms with Gasteiger partial charge in [-0.25, -0.2) is 9.48 Å². The van der Waals surface area contributed by atoms with Crippen molar-refractivity contribution in [2.45, 2.75) is 51.2 Å². The molecule has 0 aliphatic rings. The topological polar surface area (TPSA) is 93.5 Å². The molecule has 0 aliphatic carbocycles. The van der Waals surface area contributed by atoms with Crippen LogP contribution in [0.2, 0.25) is 0 Å². The molecule has 2 N–H and O–H groups in total. The van der Waals surface area contributed by atoms with Crippen LogP contribution in [0, 0.1) is 0 Å². The number of nitrogens with one attached hydrogen (secondary N) is 1. The van der Waals surface area contributed by atoms with Crippen LogP contribution in [-0.2, 0) is 22.8 Å². The first-order chi connectivity index (χ1) is 20.4. The van der Waals surface area contributed by atoms with Crippen LogP contribution in [0.25, 0.3) is 16.8 Å². The molecule has 0 fully saturated rings. The Morgan fingerprint density at radius 2 is 1.41 bits per heavy atom. The highest BCUT2D eigenvalue weighted by Gasteiger charge is 2.41. The summed E-state index contributed by atoms with van der Waals surface area (Å²) in [5.41, 5.74) is 0.111. The number of alkyl halides is 6. The lowest BCUT2D eigenvalue weighted by Crippen LogP contribution is -2.42. The van der Waals surface area contributed by atoms with E-state index < -0.39 is 47.5 Å². The van der Waals surface area contributed by atoms with E-state index in [4.69, 9.17) is 0 Å². The Hall–Kier alpha value is -4.81. The first-order valence-corrected chi connectivity index (χ1v) is 13.2. The van der Waals surface area contributed by atoms with E-state index >= 15 is 0 Å². The molecule has 0 radical (unpaired) electrons. The van der Waals surface area contributed by atoms with Gasteiger partial charge in [0.2, 0.25) is 0 Å². The fourth-order valence-electron chi connectivity index (χ4n) is 4.44.